The first-order valence-electron chi connectivity index (χ1n) is 5.70. The Bertz CT molecular complexity index is 571. The lowest BCUT2D eigenvalue weighted by atomic mass is 10.2. The van der Waals surface area contributed by atoms with Crippen LogP contribution in [0.5, 0.6) is 0 Å². The average Bonchev–Trinajstić information content (AvgIpc) is 2.72. The summed E-state index contributed by atoms with van der Waals surface area (Å²) in [5.74, 6) is -0.919. The third kappa shape index (κ3) is 2.99. The maximum Gasteiger partial charge on any atom is 0.328 e. The van der Waals surface area contributed by atoms with Gasteiger partial charge in [0.05, 0.1) is 6.26 Å². The first-order valence-corrected chi connectivity index (χ1v) is 5.70. The summed E-state index contributed by atoms with van der Waals surface area (Å²) in [5.41, 5.74) is 1.99. The minimum Gasteiger partial charge on any atom is -0.478 e. The van der Waals surface area contributed by atoms with E-state index in [1.54, 1.807) is 12.3 Å². The molecule has 2 rings (SSSR count). The summed E-state index contributed by atoms with van der Waals surface area (Å²) in [6.07, 6.45) is 4.54. The average molecular weight is 245 g/mol. The van der Waals surface area contributed by atoms with Crippen molar-refractivity contribution in [3.05, 3.63) is 48.2 Å². The number of fused-ring (bicyclic) bond motifs is 1. The molecule has 0 radical (unpaired) electrons. The van der Waals surface area contributed by atoms with Crippen molar-refractivity contribution in [3.8, 4) is 0 Å². The van der Waals surface area contributed by atoms with E-state index in [2.05, 4.69) is 0 Å². The largest absolute Gasteiger partial charge is 0.478 e. The molecule has 1 aromatic heterocycles. The number of carboxylic acid groups (broad SMARTS) is 1. The van der Waals surface area contributed by atoms with Crippen LogP contribution in [0.15, 0.2) is 47.1 Å². The molecule has 0 spiro atoms. The molecule has 0 saturated heterocycles. The molecule has 0 aliphatic carbocycles. The maximum atomic E-state index is 10.4. The molecular weight excluding hydrogens is 230 g/mol. The smallest absolute Gasteiger partial charge is 0.328 e. The second kappa shape index (κ2) is 5.51. The summed E-state index contributed by atoms with van der Waals surface area (Å²) in [4.78, 5) is 12.4. The van der Waals surface area contributed by atoms with Gasteiger partial charge in [-0.3, -0.25) is 4.90 Å². The fourth-order valence-electron chi connectivity index (χ4n) is 1.84. The Labute approximate surface area is 105 Å². The minimum atomic E-state index is -0.919. The zero-order chi connectivity index (χ0) is 13.0. The van der Waals surface area contributed by atoms with Crippen molar-refractivity contribution < 1.29 is 14.3 Å². The van der Waals surface area contributed by atoms with Crippen molar-refractivity contribution in [2.45, 2.75) is 6.54 Å². The highest BCUT2D eigenvalue weighted by atomic mass is 16.4. The van der Waals surface area contributed by atoms with Crippen LogP contribution < -0.4 is 0 Å². The Morgan fingerprint density at radius 2 is 2.22 bits per heavy atom. The molecule has 94 valence electrons. The number of nitrogens with zero attached hydrogens (tertiary/aromatic N) is 1. The third-order valence-corrected chi connectivity index (χ3v) is 2.68. The molecule has 0 bridgehead atoms. The number of hydrogen-bond acceptors (Lipinski definition) is 3. The predicted molar refractivity (Wildman–Crippen MR) is 69.3 cm³/mol. The Hall–Kier alpha value is -2.07. The molecule has 0 atom stereocenters. The zero-order valence-electron chi connectivity index (χ0n) is 10.2. The van der Waals surface area contributed by atoms with Crippen molar-refractivity contribution in [2.75, 3.05) is 13.6 Å². The molecule has 4 heteroatoms. The van der Waals surface area contributed by atoms with Crippen molar-refractivity contribution in [2.24, 2.45) is 0 Å². The first-order chi connectivity index (χ1) is 8.66. The highest BCUT2D eigenvalue weighted by Crippen LogP contribution is 2.21. The summed E-state index contributed by atoms with van der Waals surface area (Å²) >= 11 is 0. The van der Waals surface area contributed by atoms with Crippen LogP contribution in [0.1, 0.15) is 5.56 Å². The number of carbonyl (C=O) groups is 1. The summed E-state index contributed by atoms with van der Waals surface area (Å²) < 4.78 is 5.45. The Morgan fingerprint density at radius 1 is 1.44 bits per heavy atom. The van der Waals surface area contributed by atoms with Gasteiger partial charge < -0.3 is 9.52 Å². The van der Waals surface area contributed by atoms with Crippen LogP contribution >= 0.6 is 0 Å². The normalized spacial score (nSPS) is 11.7. The summed E-state index contributed by atoms with van der Waals surface area (Å²) in [5, 5.41) is 9.61. The van der Waals surface area contributed by atoms with Crippen LogP contribution in [0, 0.1) is 0 Å². The Balaban J connectivity index is 2.03. The molecular formula is C14H15NO3. The number of furan rings is 1. The number of carboxylic acids is 1. The second-order valence-electron chi connectivity index (χ2n) is 4.19. The number of hydrogen-bond donors (Lipinski definition) is 1. The zero-order valence-corrected chi connectivity index (χ0v) is 10.2. The summed E-state index contributed by atoms with van der Waals surface area (Å²) in [6, 6.07) is 7.87. The lowest BCUT2D eigenvalue weighted by Gasteiger charge is -2.12. The number of likely N-dealkylation sites (N-methyl/N-ethyl adjacent to an activating group) is 1. The van der Waals surface area contributed by atoms with Gasteiger partial charge >= 0.3 is 5.97 Å². The first kappa shape index (κ1) is 12.4. The van der Waals surface area contributed by atoms with Crippen LogP contribution in [0.3, 0.4) is 0 Å². The topological polar surface area (TPSA) is 53.7 Å². The van der Waals surface area contributed by atoms with Crippen molar-refractivity contribution in [1.29, 1.82) is 0 Å². The molecule has 0 aliphatic heterocycles. The summed E-state index contributed by atoms with van der Waals surface area (Å²) in [6.45, 7) is 1.31. The molecule has 4 nitrogen and oxygen atoms in total. The van der Waals surface area contributed by atoms with Crippen LogP contribution in [0.2, 0.25) is 0 Å². The van der Waals surface area contributed by atoms with E-state index in [9.17, 15) is 4.79 Å². The van der Waals surface area contributed by atoms with Gasteiger partial charge in [-0.2, -0.15) is 0 Å². The van der Waals surface area contributed by atoms with Gasteiger partial charge in [0.1, 0.15) is 5.58 Å². The minimum absolute atomic E-state index is 0.589. The lowest BCUT2D eigenvalue weighted by molar-refractivity contribution is -0.131. The quantitative estimate of drug-likeness (QED) is 0.822. The molecule has 0 saturated carbocycles. The highest BCUT2D eigenvalue weighted by molar-refractivity contribution is 5.81. The van der Waals surface area contributed by atoms with E-state index >= 15 is 0 Å². The molecule has 18 heavy (non-hydrogen) atoms. The Kier molecular flexibility index (Phi) is 3.79. The maximum absolute atomic E-state index is 10.4. The molecule has 0 fully saturated rings. The molecule has 1 heterocycles. The van der Waals surface area contributed by atoms with Gasteiger partial charge in [0.2, 0.25) is 0 Å². The molecule has 0 amide bonds. The SMILES string of the molecule is CN(C/C=C/C(=O)O)Cc1coc2ccccc12. The van der Waals surface area contributed by atoms with Crippen molar-refractivity contribution >= 4 is 16.9 Å². The van der Waals surface area contributed by atoms with Gasteiger partial charge in [0.25, 0.3) is 0 Å². The number of aliphatic carboxylic acids is 1. The molecule has 1 N–H and O–H groups in total. The number of para-hydroxylation sites is 1. The van der Waals surface area contributed by atoms with Gasteiger partial charge in [-0.05, 0) is 13.1 Å². The van der Waals surface area contributed by atoms with Gasteiger partial charge in [-0.15, -0.1) is 0 Å². The van der Waals surface area contributed by atoms with Crippen molar-refractivity contribution in [3.63, 3.8) is 0 Å². The molecule has 1 aromatic carbocycles. The number of benzene rings is 1. The van der Waals surface area contributed by atoms with Crippen LogP contribution in [-0.4, -0.2) is 29.6 Å². The van der Waals surface area contributed by atoms with Gasteiger partial charge in [0, 0.05) is 30.1 Å². The summed E-state index contributed by atoms with van der Waals surface area (Å²) in [7, 11) is 1.94. The van der Waals surface area contributed by atoms with E-state index in [0.717, 1.165) is 29.2 Å². The molecule has 0 unspecified atom stereocenters. The third-order valence-electron chi connectivity index (χ3n) is 2.68. The monoisotopic (exact) mass is 245 g/mol. The van der Waals surface area contributed by atoms with E-state index < -0.39 is 5.97 Å². The fourth-order valence-corrected chi connectivity index (χ4v) is 1.84. The van der Waals surface area contributed by atoms with E-state index in [0.29, 0.717) is 6.54 Å². The number of rotatable bonds is 5. The molecule has 0 aliphatic rings. The van der Waals surface area contributed by atoms with Gasteiger partial charge in [0.15, 0.2) is 0 Å². The van der Waals surface area contributed by atoms with Crippen LogP contribution in [0.25, 0.3) is 11.0 Å². The van der Waals surface area contributed by atoms with Gasteiger partial charge in [-0.25, -0.2) is 4.79 Å². The van der Waals surface area contributed by atoms with Crippen molar-refractivity contribution in [1.82, 2.24) is 4.90 Å². The van der Waals surface area contributed by atoms with E-state index in [1.807, 2.05) is 36.2 Å². The Morgan fingerprint density at radius 3 is 3.00 bits per heavy atom. The standard InChI is InChI=1S/C14H15NO3/c1-15(8-4-7-14(16)17)9-11-10-18-13-6-3-2-5-12(11)13/h2-7,10H,8-9H2,1H3,(H,16,17)/b7-4+. The lowest BCUT2D eigenvalue weighted by Crippen LogP contribution is -2.17. The van der Waals surface area contributed by atoms with Crippen LogP contribution in [-0.2, 0) is 11.3 Å². The van der Waals surface area contributed by atoms with Gasteiger partial charge in [-0.1, -0.05) is 24.3 Å². The predicted octanol–water partition coefficient (Wildman–Crippen LogP) is 2.51. The second-order valence-corrected chi connectivity index (χ2v) is 4.19. The van der Waals surface area contributed by atoms with E-state index in [-0.39, 0.29) is 0 Å². The van der Waals surface area contributed by atoms with E-state index in [4.69, 9.17) is 9.52 Å². The fraction of sp³-hybridized carbons (Fsp3) is 0.214. The highest BCUT2D eigenvalue weighted by Gasteiger charge is 2.06. The van der Waals surface area contributed by atoms with Crippen LogP contribution in [0.4, 0.5) is 0 Å². The molecule has 2 aromatic rings. The van der Waals surface area contributed by atoms with E-state index in [1.165, 1.54) is 0 Å².